The standard InChI is InChI=1S/C15H22O2/c1-11(2)17-15-9-5-13(6-10-15)12-3-7-14(16)8-4-12/h5-6,9-12,14,16H,3-4,7-8H2,1-2H3. The molecule has 2 heteroatoms. The first kappa shape index (κ1) is 12.4. The molecule has 1 aromatic carbocycles. The van der Waals surface area contributed by atoms with Crippen LogP contribution >= 0.6 is 0 Å². The van der Waals surface area contributed by atoms with Gasteiger partial charge in [0.25, 0.3) is 0 Å². The Morgan fingerprint density at radius 2 is 1.65 bits per heavy atom. The van der Waals surface area contributed by atoms with Crippen molar-refractivity contribution in [1.29, 1.82) is 0 Å². The highest BCUT2D eigenvalue weighted by atomic mass is 16.5. The molecule has 0 aliphatic heterocycles. The fourth-order valence-corrected chi connectivity index (χ4v) is 2.50. The molecule has 17 heavy (non-hydrogen) atoms. The lowest BCUT2D eigenvalue weighted by molar-refractivity contribution is 0.122. The summed E-state index contributed by atoms with van der Waals surface area (Å²) >= 11 is 0. The highest BCUT2D eigenvalue weighted by molar-refractivity contribution is 5.29. The molecule has 94 valence electrons. The zero-order valence-corrected chi connectivity index (χ0v) is 10.7. The molecule has 1 N–H and O–H groups in total. The molecule has 1 fully saturated rings. The Morgan fingerprint density at radius 1 is 1.06 bits per heavy atom. The van der Waals surface area contributed by atoms with Crippen LogP contribution in [0.5, 0.6) is 5.75 Å². The van der Waals surface area contributed by atoms with Gasteiger partial charge < -0.3 is 9.84 Å². The normalized spacial score (nSPS) is 24.9. The van der Waals surface area contributed by atoms with Gasteiger partial charge in [-0.2, -0.15) is 0 Å². The Bertz CT molecular complexity index is 334. The molecule has 0 unspecified atom stereocenters. The number of hydrogen-bond acceptors (Lipinski definition) is 2. The second-order valence-corrected chi connectivity index (χ2v) is 5.24. The molecule has 1 saturated carbocycles. The molecule has 0 bridgehead atoms. The van der Waals surface area contributed by atoms with Gasteiger partial charge in [-0.1, -0.05) is 12.1 Å². The first-order valence-electron chi connectivity index (χ1n) is 6.60. The highest BCUT2D eigenvalue weighted by Crippen LogP contribution is 2.33. The van der Waals surface area contributed by atoms with E-state index in [1.165, 1.54) is 5.56 Å². The first-order chi connectivity index (χ1) is 8.15. The molecule has 2 nitrogen and oxygen atoms in total. The fraction of sp³-hybridized carbons (Fsp3) is 0.600. The van der Waals surface area contributed by atoms with Gasteiger partial charge in [0.05, 0.1) is 12.2 Å². The SMILES string of the molecule is CC(C)Oc1ccc(C2CCC(O)CC2)cc1. The maximum Gasteiger partial charge on any atom is 0.119 e. The van der Waals surface area contributed by atoms with Crippen molar-refractivity contribution in [2.24, 2.45) is 0 Å². The van der Waals surface area contributed by atoms with Crippen LogP contribution in [0.1, 0.15) is 51.0 Å². The van der Waals surface area contributed by atoms with Gasteiger partial charge >= 0.3 is 0 Å². The molecule has 0 radical (unpaired) electrons. The quantitative estimate of drug-likeness (QED) is 0.867. The molecular formula is C15H22O2. The van der Waals surface area contributed by atoms with Crippen molar-refractivity contribution in [3.05, 3.63) is 29.8 Å². The van der Waals surface area contributed by atoms with Gasteiger partial charge in [-0.3, -0.25) is 0 Å². The lowest BCUT2D eigenvalue weighted by atomic mass is 9.83. The molecule has 0 spiro atoms. The van der Waals surface area contributed by atoms with Crippen molar-refractivity contribution in [1.82, 2.24) is 0 Å². The van der Waals surface area contributed by atoms with Gasteiger partial charge in [0.15, 0.2) is 0 Å². The first-order valence-corrected chi connectivity index (χ1v) is 6.60. The van der Waals surface area contributed by atoms with Crippen LogP contribution in [0.25, 0.3) is 0 Å². The van der Waals surface area contributed by atoms with Crippen molar-refractivity contribution in [2.75, 3.05) is 0 Å². The Morgan fingerprint density at radius 3 is 2.18 bits per heavy atom. The van der Waals surface area contributed by atoms with E-state index in [-0.39, 0.29) is 12.2 Å². The minimum absolute atomic E-state index is 0.0743. The lowest BCUT2D eigenvalue weighted by Crippen LogP contribution is -2.16. The van der Waals surface area contributed by atoms with E-state index in [1.807, 2.05) is 13.8 Å². The summed E-state index contributed by atoms with van der Waals surface area (Å²) < 4.78 is 5.63. The number of aliphatic hydroxyl groups excluding tert-OH is 1. The van der Waals surface area contributed by atoms with E-state index < -0.39 is 0 Å². The van der Waals surface area contributed by atoms with Gasteiger partial charge in [0.1, 0.15) is 5.75 Å². The van der Waals surface area contributed by atoms with E-state index in [0.29, 0.717) is 5.92 Å². The monoisotopic (exact) mass is 234 g/mol. The summed E-state index contributed by atoms with van der Waals surface area (Å²) in [5.41, 5.74) is 1.38. The van der Waals surface area contributed by atoms with Gasteiger partial charge in [-0.05, 0) is 63.1 Å². The molecule has 1 aliphatic carbocycles. The summed E-state index contributed by atoms with van der Waals surface area (Å²) in [4.78, 5) is 0. The smallest absolute Gasteiger partial charge is 0.119 e. The van der Waals surface area contributed by atoms with E-state index in [1.54, 1.807) is 0 Å². The van der Waals surface area contributed by atoms with E-state index >= 15 is 0 Å². The molecule has 0 heterocycles. The summed E-state index contributed by atoms with van der Waals surface area (Å²) in [5, 5.41) is 9.50. The van der Waals surface area contributed by atoms with Gasteiger partial charge in [-0.25, -0.2) is 0 Å². The third-order valence-corrected chi connectivity index (χ3v) is 3.42. The summed E-state index contributed by atoms with van der Waals surface area (Å²) in [7, 11) is 0. The topological polar surface area (TPSA) is 29.5 Å². The Hall–Kier alpha value is -1.02. The van der Waals surface area contributed by atoms with Crippen LogP contribution in [0.3, 0.4) is 0 Å². The summed E-state index contributed by atoms with van der Waals surface area (Å²) in [6.45, 7) is 4.08. The van der Waals surface area contributed by atoms with Crippen molar-refractivity contribution in [3.63, 3.8) is 0 Å². The van der Waals surface area contributed by atoms with Gasteiger partial charge in [0, 0.05) is 0 Å². The molecule has 0 amide bonds. The Kier molecular flexibility index (Phi) is 4.06. The van der Waals surface area contributed by atoms with Crippen molar-refractivity contribution >= 4 is 0 Å². The van der Waals surface area contributed by atoms with Crippen molar-refractivity contribution in [3.8, 4) is 5.75 Å². The average molecular weight is 234 g/mol. The molecule has 1 aromatic rings. The van der Waals surface area contributed by atoms with Crippen molar-refractivity contribution in [2.45, 2.75) is 57.7 Å². The van der Waals surface area contributed by atoms with E-state index in [2.05, 4.69) is 24.3 Å². The summed E-state index contributed by atoms with van der Waals surface area (Å²) in [6, 6.07) is 8.45. The fourth-order valence-electron chi connectivity index (χ4n) is 2.50. The van der Waals surface area contributed by atoms with Crippen LogP contribution in [0.2, 0.25) is 0 Å². The number of benzene rings is 1. The third-order valence-electron chi connectivity index (χ3n) is 3.42. The second-order valence-electron chi connectivity index (χ2n) is 5.24. The molecule has 0 saturated heterocycles. The van der Waals surface area contributed by atoms with Crippen LogP contribution < -0.4 is 4.74 Å². The van der Waals surface area contributed by atoms with Gasteiger partial charge in [0.2, 0.25) is 0 Å². The minimum atomic E-state index is -0.0743. The molecular weight excluding hydrogens is 212 g/mol. The van der Waals surface area contributed by atoms with Crippen LogP contribution in [0, 0.1) is 0 Å². The maximum absolute atomic E-state index is 9.50. The van der Waals surface area contributed by atoms with Crippen molar-refractivity contribution < 1.29 is 9.84 Å². The highest BCUT2D eigenvalue weighted by Gasteiger charge is 2.20. The van der Waals surface area contributed by atoms with Crippen LogP contribution in [0.4, 0.5) is 0 Å². The molecule has 0 aromatic heterocycles. The number of hydrogen-bond donors (Lipinski definition) is 1. The second kappa shape index (κ2) is 5.54. The van der Waals surface area contributed by atoms with E-state index in [0.717, 1.165) is 31.4 Å². The molecule has 2 rings (SSSR count). The van der Waals surface area contributed by atoms with Crippen LogP contribution in [-0.2, 0) is 0 Å². The summed E-state index contributed by atoms with van der Waals surface area (Å²) in [6.07, 6.45) is 4.24. The Labute approximate surface area is 104 Å². The average Bonchev–Trinajstić information content (AvgIpc) is 2.30. The minimum Gasteiger partial charge on any atom is -0.491 e. The van der Waals surface area contributed by atoms with E-state index in [4.69, 9.17) is 4.74 Å². The number of aliphatic hydroxyl groups is 1. The Balaban J connectivity index is 1.97. The maximum atomic E-state index is 9.50. The predicted octanol–water partition coefficient (Wildman–Crippen LogP) is 3.49. The van der Waals surface area contributed by atoms with Crippen LogP contribution in [-0.4, -0.2) is 17.3 Å². The van der Waals surface area contributed by atoms with Gasteiger partial charge in [-0.15, -0.1) is 0 Å². The summed E-state index contributed by atoms with van der Waals surface area (Å²) in [5.74, 6) is 1.56. The third kappa shape index (κ3) is 3.47. The zero-order valence-electron chi connectivity index (χ0n) is 10.7. The number of ether oxygens (including phenoxy) is 1. The zero-order chi connectivity index (χ0) is 12.3. The number of rotatable bonds is 3. The predicted molar refractivity (Wildman–Crippen MR) is 69.4 cm³/mol. The molecule has 1 aliphatic rings. The van der Waals surface area contributed by atoms with Crippen LogP contribution in [0.15, 0.2) is 24.3 Å². The largest absolute Gasteiger partial charge is 0.491 e. The van der Waals surface area contributed by atoms with E-state index in [9.17, 15) is 5.11 Å². The lowest BCUT2D eigenvalue weighted by Gasteiger charge is -2.25. The molecule has 0 atom stereocenters.